The van der Waals surface area contributed by atoms with Crippen LogP contribution < -0.4 is 5.32 Å². The lowest BCUT2D eigenvalue weighted by atomic mass is 9.85. The lowest BCUT2D eigenvalue weighted by Gasteiger charge is -2.47. The van der Waals surface area contributed by atoms with E-state index in [2.05, 4.69) is 5.32 Å². The van der Waals surface area contributed by atoms with Crippen LogP contribution in [-0.2, 0) is 39.8 Å². The predicted molar refractivity (Wildman–Crippen MR) is 170 cm³/mol. The molecular weight excluding hydrogens is 646 g/mol. The maximum Gasteiger partial charge on any atom is 0.332 e. The summed E-state index contributed by atoms with van der Waals surface area (Å²) in [6.45, 7) is 1.86. The SMILES string of the molecule is C[C@H]1O[C@H](O[C@@H]2[C@@H](O[C@H]3O[C@@H](CO)[C@@H](O)[C@H](O[C@@H](CC4CCCCC4)C(=O)O)[C@H]3O)CCO[C@@H]2CNCc2ccccc2)[C@@H](O)[C@H](O)[C@H]1O. The number of aliphatic hydroxyl groups is 6. The van der Waals surface area contributed by atoms with E-state index in [9.17, 15) is 40.5 Å². The monoisotopic (exact) mass is 699 g/mol. The zero-order valence-corrected chi connectivity index (χ0v) is 27.8. The number of aliphatic hydroxyl groups excluding tert-OH is 6. The Bertz CT molecular complexity index is 1140. The largest absolute Gasteiger partial charge is 0.479 e. The summed E-state index contributed by atoms with van der Waals surface area (Å²) in [5, 5.41) is 77.2. The topological polar surface area (TPSA) is 226 Å². The van der Waals surface area contributed by atoms with E-state index in [0.29, 0.717) is 6.54 Å². The number of nitrogens with one attached hydrogen (secondary N) is 1. The van der Waals surface area contributed by atoms with Crippen LogP contribution in [0.1, 0.15) is 57.4 Å². The van der Waals surface area contributed by atoms with E-state index >= 15 is 0 Å². The molecule has 1 aromatic rings. The number of aliphatic carboxylic acids is 1. The molecule has 14 atom stereocenters. The molecule has 0 amide bonds. The number of carbonyl (C=O) groups is 1. The third-order valence-corrected chi connectivity index (χ3v) is 10.1. The van der Waals surface area contributed by atoms with E-state index in [1.807, 2.05) is 30.3 Å². The molecule has 15 nitrogen and oxygen atoms in total. The summed E-state index contributed by atoms with van der Waals surface area (Å²) >= 11 is 0. The first-order chi connectivity index (χ1) is 23.6. The van der Waals surface area contributed by atoms with Crippen LogP contribution in [0.4, 0.5) is 0 Å². The van der Waals surface area contributed by atoms with Crippen molar-refractivity contribution in [2.75, 3.05) is 19.8 Å². The van der Waals surface area contributed by atoms with Crippen LogP contribution in [0.15, 0.2) is 30.3 Å². The Kier molecular flexibility index (Phi) is 14.2. The van der Waals surface area contributed by atoms with E-state index in [1.54, 1.807) is 0 Å². The predicted octanol–water partition coefficient (Wildman–Crippen LogP) is -0.589. The van der Waals surface area contributed by atoms with Crippen LogP contribution in [0.2, 0.25) is 0 Å². The lowest BCUT2D eigenvalue weighted by molar-refractivity contribution is -0.355. The molecule has 278 valence electrons. The number of hydrogen-bond acceptors (Lipinski definition) is 14. The van der Waals surface area contributed by atoms with Crippen molar-refractivity contribution in [2.45, 2.75) is 144 Å². The normalized spacial score (nSPS) is 39.8. The molecule has 15 heteroatoms. The fraction of sp³-hybridized carbons (Fsp3) is 0.794. The number of benzene rings is 1. The summed E-state index contributed by atoms with van der Waals surface area (Å²) in [5.41, 5.74) is 1.03. The van der Waals surface area contributed by atoms with Crippen LogP contribution in [0.3, 0.4) is 0 Å². The maximum absolute atomic E-state index is 12.2. The molecule has 4 aliphatic rings. The van der Waals surface area contributed by atoms with E-state index in [1.165, 1.54) is 6.92 Å². The molecule has 49 heavy (non-hydrogen) atoms. The van der Waals surface area contributed by atoms with Crippen LogP contribution in [-0.4, -0.2) is 147 Å². The smallest absolute Gasteiger partial charge is 0.332 e. The molecule has 1 saturated carbocycles. The Hall–Kier alpha value is -1.83. The summed E-state index contributed by atoms with van der Waals surface area (Å²) in [6.07, 6.45) is -12.7. The molecule has 3 saturated heterocycles. The van der Waals surface area contributed by atoms with Crippen LogP contribution in [0, 0.1) is 5.92 Å². The van der Waals surface area contributed by atoms with Gasteiger partial charge in [-0.1, -0.05) is 62.4 Å². The number of carboxylic acid groups (broad SMARTS) is 1. The Morgan fingerprint density at radius 1 is 0.857 bits per heavy atom. The molecule has 3 aliphatic heterocycles. The standard InChI is InChI=1S/C34H53NO14/c1-18-25(37)27(39)28(40)33(45-18)49-30-21(12-13-44-23(30)16-35-15-20-10-6-3-7-11-20)47-34-29(41)31(26(38)24(17-36)48-34)46-22(32(42)43)14-19-8-4-2-5-9-19/h3,6-7,10-11,18-19,21-31,33-41H,2,4-5,8-9,12-17H2,1H3,(H,42,43)/t18-,21+,22+,23-,24+,25+,26-,27-,28+,29-,30-,31+,33-,34+/m1/s1. The fourth-order valence-electron chi connectivity index (χ4n) is 7.19. The van der Waals surface area contributed by atoms with E-state index in [0.717, 1.165) is 37.7 Å². The summed E-state index contributed by atoms with van der Waals surface area (Å²) in [6, 6.07) is 9.68. The minimum atomic E-state index is -1.65. The number of rotatable bonds is 14. The van der Waals surface area contributed by atoms with Crippen LogP contribution in [0.5, 0.6) is 0 Å². The highest BCUT2D eigenvalue weighted by Gasteiger charge is 2.51. The third-order valence-electron chi connectivity index (χ3n) is 10.1. The molecule has 0 spiro atoms. The summed E-state index contributed by atoms with van der Waals surface area (Å²) in [7, 11) is 0. The fourth-order valence-corrected chi connectivity index (χ4v) is 7.19. The highest BCUT2D eigenvalue weighted by atomic mass is 16.7. The molecule has 5 rings (SSSR count). The Labute approximate surface area is 286 Å². The quantitative estimate of drug-likeness (QED) is 0.122. The zero-order valence-electron chi connectivity index (χ0n) is 27.8. The van der Waals surface area contributed by atoms with Gasteiger partial charge in [-0.25, -0.2) is 4.79 Å². The van der Waals surface area contributed by atoms with Gasteiger partial charge < -0.3 is 69.5 Å². The second kappa shape index (κ2) is 18.1. The number of hydrogen-bond donors (Lipinski definition) is 8. The molecule has 0 unspecified atom stereocenters. The average molecular weight is 700 g/mol. The van der Waals surface area contributed by atoms with Crippen LogP contribution >= 0.6 is 0 Å². The Morgan fingerprint density at radius 3 is 2.27 bits per heavy atom. The van der Waals surface area contributed by atoms with Gasteiger partial charge in [0.15, 0.2) is 18.7 Å². The molecule has 1 aromatic carbocycles. The van der Waals surface area contributed by atoms with Crippen molar-refractivity contribution in [1.29, 1.82) is 0 Å². The van der Waals surface area contributed by atoms with Gasteiger partial charge in [0, 0.05) is 19.7 Å². The summed E-state index contributed by atoms with van der Waals surface area (Å²) in [5.74, 6) is -1.08. The third kappa shape index (κ3) is 9.74. The van der Waals surface area contributed by atoms with Gasteiger partial charge in [0.2, 0.25) is 0 Å². The molecular formula is C34H53NO14. The van der Waals surface area contributed by atoms with Gasteiger partial charge >= 0.3 is 5.97 Å². The first-order valence-electron chi connectivity index (χ1n) is 17.4. The van der Waals surface area contributed by atoms with Gasteiger partial charge in [0.25, 0.3) is 0 Å². The second-order valence-corrected chi connectivity index (χ2v) is 13.6. The summed E-state index contributed by atoms with van der Waals surface area (Å²) < 4.78 is 36.0. The first-order valence-corrected chi connectivity index (χ1v) is 17.4. The molecule has 0 aromatic heterocycles. The van der Waals surface area contributed by atoms with Crippen molar-refractivity contribution in [3.63, 3.8) is 0 Å². The minimum absolute atomic E-state index is 0.136. The van der Waals surface area contributed by atoms with E-state index in [4.69, 9.17) is 28.4 Å². The van der Waals surface area contributed by atoms with E-state index in [-0.39, 0.29) is 31.9 Å². The van der Waals surface area contributed by atoms with Crippen molar-refractivity contribution in [3.05, 3.63) is 35.9 Å². The number of ether oxygens (including phenoxy) is 6. The molecule has 4 fully saturated rings. The van der Waals surface area contributed by atoms with Crippen molar-refractivity contribution in [2.24, 2.45) is 5.92 Å². The van der Waals surface area contributed by atoms with E-state index < -0.39 is 98.4 Å². The van der Waals surface area contributed by atoms with Gasteiger partial charge in [0.1, 0.15) is 48.8 Å². The van der Waals surface area contributed by atoms with Crippen LogP contribution in [0.25, 0.3) is 0 Å². The van der Waals surface area contributed by atoms with Gasteiger partial charge in [-0.2, -0.15) is 0 Å². The van der Waals surface area contributed by atoms with Gasteiger partial charge in [-0.05, 0) is 31.2 Å². The Balaban J connectivity index is 1.32. The lowest BCUT2D eigenvalue weighted by Crippen LogP contribution is -2.64. The molecule has 0 radical (unpaired) electrons. The maximum atomic E-state index is 12.2. The van der Waals surface area contributed by atoms with Crippen molar-refractivity contribution in [1.82, 2.24) is 5.32 Å². The minimum Gasteiger partial charge on any atom is -0.479 e. The van der Waals surface area contributed by atoms with Gasteiger partial charge in [0.05, 0.1) is 24.9 Å². The highest BCUT2D eigenvalue weighted by Crippen LogP contribution is 2.34. The molecule has 0 bridgehead atoms. The van der Waals surface area contributed by atoms with Crippen molar-refractivity contribution >= 4 is 5.97 Å². The van der Waals surface area contributed by atoms with Gasteiger partial charge in [-0.3, -0.25) is 0 Å². The van der Waals surface area contributed by atoms with Gasteiger partial charge in [-0.15, -0.1) is 0 Å². The highest BCUT2D eigenvalue weighted by molar-refractivity contribution is 5.72. The zero-order chi connectivity index (χ0) is 35.1. The van der Waals surface area contributed by atoms with Crippen molar-refractivity contribution < 1.29 is 69.0 Å². The van der Waals surface area contributed by atoms with Crippen molar-refractivity contribution in [3.8, 4) is 0 Å². The summed E-state index contributed by atoms with van der Waals surface area (Å²) in [4.78, 5) is 12.2. The Morgan fingerprint density at radius 2 is 1.57 bits per heavy atom. The molecule has 3 heterocycles. The number of carboxylic acids is 1. The average Bonchev–Trinajstić information content (AvgIpc) is 3.10. The second-order valence-electron chi connectivity index (χ2n) is 13.6. The first kappa shape index (κ1) is 38.4. The molecule has 8 N–H and O–H groups in total. The molecule has 1 aliphatic carbocycles.